The molecule has 1 aliphatic rings. The first-order valence-electron chi connectivity index (χ1n) is 5.41. The van der Waals surface area contributed by atoms with Gasteiger partial charge in [-0.05, 0) is 26.8 Å². The zero-order chi connectivity index (χ0) is 12.6. The summed E-state index contributed by atoms with van der Waals surface area (Å²) in [4.78, 5) is 23.4. The van der Waals surface area contributed by atoms with Crippen LogP contribution in [-0.2, 0) is 14.3 Å². The van der Waals surface area contributed by atoms with Gasteiger partial charge in [-0.1, -0.05) is 18.2 Å². The maximum atomic E-state index is 11.9. The molecule has 1 aromatic carbocycles. The first kappa shape index (κ1) is 11.6. The Morgan fingerprint density at radius 3 is 2.59 bits per heavy atom. The number of esters is 2. The van der Waals surface area contributed by atoms with Gasteiger partial charge in [0.1, 0.15) is 5.60 Å². The van der Waals surface area contributed by atoms with Gasteiger partial charge in [-0.15, -0.1) is 0 Å². The number of ether oxygens (including phenoxy) is 2. The molecule has 0 aliphatic carbocycles. The van der Waals surface area contributed by atoms with Gasteiger partial charge in [-0.25, -0.2) is 9.59 Å². The van der Waals surface area contributed by atoms with Gasteiger partial charge in [0.2, 0.25) is 6.10 Å². The quantitative estimate of drug-likeness (QED) is 0.699. The molecule has 0 amide bonds. The summed E-state index contributed by atoms with van der Waals surface area (Å²) >= 11 is 0. The van der Waals surface area contributed by atoms with Gasteiger partial charge >= 0.3 is 11.9 Å². The van der Waals surface area contributed by atoms with Crippen LogP contribution in [0.4, 0.5) is 0 Å². The number of carbonyl (C=O) groups excluding carboxylic acids is 2. The summed E-state index contributed by atoms with van der Waals surface area (Å²) in [7, 11) is 0. The molecular weight excluding hydrogens is 220 g/mol. The van der Waals surface area contributed by atoms with E-state index in [1.165, 1.54) is 0 Å². The standard InChI is InChI=1S/C13H14O4/c1-13(2,3)17-12(15)10-8-6-4-5-7-9(8)11(14)16-10/h4-7,10H,1-3H3. The number of rotatable bonds is 1. The normalized spacial score (nSPS) is 18.5. The highest BCUT2D eigenvalue weighted by Gasteiger charge is 2.38. The minimum absolute atomic E-state index is 0.434. The van der Waals surface area contributed by atoms with Crippen molar-refractivity contribution in [3.05, 3.63) is 35.4 Å². The lowest BCUT2D eigenvalue weighted by atomic mass is 10.1. The lowest BCUT2D eigenvalue weighted by molar-refractivity contribution is -0.165. The van der Waals surface area contributed by atoms with E-state index in [-0.39, 0.29) is 0 Å². The number of carbonyl (C=O) groups is 2. The van der Waals surface area contributed by atoms with Crippen molar-refractivity contribution in [3.8, 4) is 0 Å². The molecule has 0 aromatic heterocycles. The van der Waals surface area contributed by atoms with Gasteiger partial charge < -0.3 is 9.47 Å². The molecule has 90 valence electrons. The van der Waals surface area contributed by atoms with Crippen molar-refractivity contribution in [1.82, 2.24) is 0 Å². The van der Waals surface area contributed by atoms with E-state index in [9.17, 15) is 9.59 Å². The molecule has 1 atom stereocenters. The third-order valence-electron chi connectivity index (χ3n) is 2.31. The van der Waals surface area contributed by atoms with Crippen molar-refractivity contribution in [1.29, 1.82) is 0 Å². The van der Waals surface area contributed by atoms with Gasteiger partial charge in [0.15, 0.2) is 0 Å². The molecule has 17 heavy (non-hydrogen) atoms. The molecule has 0 spiro atoms. The van der Waals surface area contributed by atoms with Crippen molar-refractivity contribution < 1.29 is 19.1 Å². The van der Waals surface area contributed by atoms with Gasteiger partial charge in [0.25, 0.3) is 0 Å². The summed E-state index contributed by atoms with van der Waals surface area (Å²) < 4.78 is 10.2. The van der Waals surface area contributed by atoms with Crippen LogP contribution < -0.4 is 0 Å². The topological polar surface area (TPSA) is 52.6 Å². The minimum Gasteiger partial charge on any atom is -0.457 e. The molecule has 4 nitrogen and oxygen atoms in total. The van der Waals surface area contributed by atoms with E-state index in [1.807, 2.05) is 0 Å². The summed E-state index contributed by atoms with van der Waals surface area (Å²) in [5.41, 5.74) is 0.413. The summed E-state index contributed by atoms with van der Waals surface area (Å²) in [6, 6.07) is 6.84. The fraction of sp³-hybridized carbons (Fsp3) is 0.385. The van der Waals surface area contributed by atoms with Gasteiger partial charge in [0.05, 0.1) is 5.56 Å². The molecule has 4 heteroatoms. The molecule has 0 saturated heterocycles. The Kier molecular flexibility index (Phi) is 2.65. The number of hydrogen-bond acceptors (Lipinski definition) is 4. The monoisotopic (exact) mass is 234 g/mol. The molecule has 0 bridgehead atoms. The maximum Gasteiger partial charge on any atom is 0.352 e. The molecule has 0 radical (unpaired) electrons. The first-order valence-corrected chi connectivity index (χ1v) is 5.41. The molecule has 2 rings (SSSR count). The first-order chi connectivity index (χ1) is 7.88. The average molecular weight is 234 g/mol. The zero-order valence-corrected chi connectivity index (χ0v) is 10.0. The van der Waals surface area contributed by atoms with Crippen LogP contribution in [0.1, 0.15) is 42.8 Å². The second kappa shape index (κ2) is 3.87. The van der Waals surface area contributed by atoms with E-state index in [2.05, 4.69) is 0 Å². The Hall–Kier alpha value is -1.84. The van der Waals surface area contributed by atoms with E-state index in [1.54, 1.807) is 45.0 Å². The molecule has 1 heterocycles. The van der Waals surface area contributed by atoms with E-state index >= 15 is 0 Å². The maximum absolute atomic E-state index is 11.9. The van der Waals surface area contributed by atoms with Gasteiger partial charge in [0, 0.05) is 5.56 Å². The highest BCUT2D eigenvalue weighted by molar-refractivity contribution is 5.98. The predicted molar refractivity (Wildman–Crippen MR) is 60.4 cm³/mol. The zero-order valence-electron chi connectivity index (χ0n) is 10.0. The molecule has 1 aromatic rings. The van der Waals surface area contributed by atoms with Crippen LogP contribution in [0.15, 0.2) is 24.3 Å². The highest BCUT2D eigenvalue weighted by Crippen LogP contribution is 2.32. The van der Waals surface area contributed by atoms with E-state index in [0.717, 1.165) is 0 Å². The average Bonchev–Trinajstić information content (AvgIpc) is 2.55. The second-order valence-electron chi connectivity index (χ2n) is 4.91. The Morgan fingerprint density at radius 2 is 1.94 bits per heavy atom. The van der Waals surface area contributed by atoms with Crippen LogP contribution in [0, 0.1) is 0 Å². The number of cyclic esters (lactones) is 1. The van der Waals surface area contributed by atoms with Crippen molar-refractivity contribution in [3.63, 3.8) is 0 Å². The van der Waals surface area contributed by atoms with Gasteiger partial charge in [-0.2, -0.15) is 0 Å². The fourth-order valence-corrected chi connectivity index (χ4v) is 1.68. The third-order valence-corrected chi connectivity index (χ3v) is 2.31. The van der Waals surface area contributed by atoms with E-state index < -0.39 is 23.6 Å². The predicted octanol–water partition coefficient (Wildman–Crippen LogP) is 2.24. The molecule has 1 unspecified atom stereocenters. The van der Waals surface area contributed by atoms with Crippen LogP contribution in [0.25, 0.3) is 0 Å². The molecular formula is C13H14O4. The Morgan fingerprint density at radius 1 is 1.29 bits per heavy atom. The van der Waals surface area contributed by atoms with Crippen molar-refractivity contribution in [2.75, 3.05) is 0 Å². The fourth-order valence-electron chi connectivity index (χ4n) is 1.68. The molecule has 1 aliphatic heterocycles. The van der Waals surface area contributed by atoms with Gasteiger partial charge in [-0.3, -0.25) is 0 Å². The Labute approximate surface area is 99.5 Å². The van der Waals surface area contributed by atoms with E-state index in [0.29, 0.717) is 11.1 Å². The van der Waals surface area contributed by atoms with Crippen LogP contribution in [-0.4, -0.2) is 17.5 Å². The number of fused-ring (bicyclic) bond motifs is 1. The third kappa shape index (κ3) is 2.30. The minimum atomic E-state index is -0.932. The Bertz CT molecular complexity index is 471. The van der Waals surface area contributed by atoms with Crippen LogP contribution >= 0.6 is 0 Å². The lowest BCUT2D eigenvalue weighted by Gasteiger charge is -2.21. The van der Waals surface area contributed by atoms with Crippen molar-refractivity contribution in [2.24, 2.45) is 0 Å². The highest BCUT2D eigenvalue weighted by atomic mass is 16.6. The van der Waals surface area contributed by atoms with Crippen LogP contribution in [0.3, 0.4) is 0 Å². The SMILES string of the molecule is CC(C)(C)OC(=O)C1OC(=O)c2ccccc21. The summed E-state index contributed by atoms with van der Waals surface area (Å²) in [5, 5.41) is 0. The largest absolute Gasteiger partial charge is 0.457 e. The van der Waals surface area contributed by atoms with Crippen LogP contribution in [0.5, 0.6) is 0 Å². The molecule has 0 saturated carbocycles. The molecule has 0 N–H and O–H groups in total. The lowest BCUT2D eigenvalue weighted by Crippen LogP contribution is -2.27. The number of hydrogen-bond donors (Lipinski definition) is 0. The molecule has 0 fully saturated rings. The summed E-state index contributed by atoms with van der Waals surface area (Å²) in [5.74, 6) is -1.01. The van der Waals surface area contributed by atoms with Crippen LogP contribution in [0.2, 0.25) is 0 Å². The smallest absolute Gasteiger partial charge is 0.352 e. The summed E-state index contributed by atoms with van der Waals surface area (Å²) in [6.07, 6.45) is -0.932. The second-order valence-corrected chi connectivity index (χ2v) is 4.91. The summed E-state index contributed by atoms with van der Waals surface area (Å²) in [6.45, 7) is 5.31. The number of benzene rings is 1. The van der Waals surface area contributed by atoms with Crippen molar-refractivity contribution in [2.45, 2.75) is 32.5 Å². The van der Waals surface area contributed by atoms with Crippen molar-refractivity contribution >= 4 is 11.9 Å². The Balaban J connectivity index is 2.26. The van der Waals surface area contributed by atoms with E-state index in [4.69, 9.17) is 9.47 Å².